The number of halogens is 2. The minimum absolute atomic E-state index is 0.0776. The van der Waals surface area contributed by atoms with E-state index in [-0.39, 0.29) is 24.2 Å². The Bertz CT molecular complexity index is 821. The average molecular weight is 461 g/mol. The molecule has 3 aliphatic rings. The molecule has 3 aliphatic carbocycles. The molecule has 3 nitrogen and oxygen atoms in total. The van der Waals surface area contributed by atoms with E-state index in [0.29, 0.717) is 5.92 Å². The highest BCUT2D eigenvalue weighted by atomic mass is 19.1. The number of carbonyl (C=O) groups excluding carboxylic acids is 1. The van der Waals surface area contributed by atoms with Crippen molar-refractivity contribution in [1.82, 2.24) is 0 Å². The Morgan fingerprint density at radius 2 is 1.48 bits per heavy atom. The molecule has 0 bridgehead atoms. The van der Waals surface area contributed by atoms with Gasteiger partial charge in [-0.25, -0.2) is 8.78 Å². The van der Waals surface area contributed by atoms with Crippen LogP contribution in [-0.4, -0.2) is 12.6 Å². The molecule has 4 atom stereocenters. The van der Waals surface area contributed by atoms with Gasteiger partial charge in [-0.15, -0.1) is 0 Å². The van der Waals surface area contributed by atoms with Crippen molar-refractivity contribution >= 4 is 5.97 Å². The van der Waals surface area contributed by atoms with Crippen molar-refractivity contribution in [2.75, 3.05) is 6.61 Å². The van der Waals surface area contributed by atoms with Crippen LogP contribution in [0.1, 0.15) is 78.1 Å². The van der Waals surface area contributed by atoms with E-state index in [2.05, 4.69) is 6.92 Å². The van der Waals surface area contributed by atoms with Crippen molar-refractivity contribution in [2.45, 2.75) is 78.1 Å². The van der Waals surface area contributed by atoms with E-state index in [1.165, 1.54) is 38.5 Å². The van der Waals surface area contributed by atoms with Gasteiger partial charge in [-0.05, 0) is 94.3 Å². The molecule has 0 N–H and O–H groups in total. The van der Waals surface area contributed by atoms with Crippen molar-refractivity contribution in [3.05, 3.63) is 35.9 Å². The first-order chi connectivity index (χ1) is 15.9. The molecule has 4 rings (SSSR count). The largest absolute Gasteiger partial charge is 0.483 e. The second kappa shape index (κ2) is 11.0. The molecule has 0 aromatic heterocycles. The van der Waals surface area contributed by atoms with Gasteiger partial charge in [0.15, 0.2) is 17.4 Å². The molecule has 0 heterocycles. The van der Waals surface area contributed by atoms with Gasteiger partial charge >= 0.3 is 5.97 Å². The summed E-state index contributed by atoms with van der Waals surface area (Å²) in [5.41, 5.74) is 0. The lowest BCUT2D eigenvalue weighted by molar-refractivity contribution is -0.140. The van der Waals surface area contributed by atoms with E-state index in [1.54, 1.807) is 19.1 Å². The van der Waals surface area contributed by atoms with Crippen LogP contribution in [0.3, 0.4) is 0 Å². The van der Waals surface area contributed by atoms with E-state index in [9.17, 15) is 13.6 Å². The summed E-state index contributed by atoms with van der Waals surface area (Å²) in [6.07, 6.45) is 15.4. The summed E-state index contributed by atoms with van der Waals surface area (Å²) in [5.74, 6) is 1.42. The third kappa shape index (κ3) is 5.96. The summed E-state index contributed by atoms with van der Waals surface area (Å²) in [5, 5.41) is 0. The van der Waals surface area contributed by atoms with Crippen LogP contribution in [0.5, 0.6) is 11.5 Å². The topological polar surface area (TPSA) is 35.5 Å². The molecule has 4 unspecified atom stereocenters. The lowest BCUT2D eigenvalue weighted by Gasteiger charge is -2.44. The first-order valence-electron chi connectivity index (χ1n) is 12.9. The zero-order valence-electron chi connectivity index (χ0n) is 20.0. The van der Waals surface area contributed by atoms with Gasteiger partial charge < -0.3 is 9.47 Å². The van der Waals surface area contributed by atoms with Crippen LogP contribution in [0.15, 0.2) is 24.3 Å². The van der Waals surface area contributed by atoms with Crippen LogP contribution in [-0.2, 0) is 4.79 Å². The Kier molecular flexibility index (Phi) is 8.08. The number of carbonyl (C=O) groups is 1. The normalized spacial score (nSPS) is 32.4. The maximum absolute atomic E-state index is 14.2. The molecule has 0 spiro atoms. The monoisotopic (exact) mass is 460 g/mol. The number of allylic oxidation sites excluding steroid dienone is 1. The lowest BCUT2D eigenvalue weighted by Crippen LogP contribution is -2.35. The third-order valence-electron chi connectivity index (χ3n) is 8.44. The maximum atomic E-state index is 14.2. The summed E-state index contributed by atoms with van der Waals surface area (Å²) < 4.78 is 39.0. The summed E-state index contributed by atoms with van der Waals surface area (Å²) in [4.78, 5) is 12.7. The first kappa shape index (κ1) is 24.2. The predicted octanol–water partition coefficient (Wildman–Crippen LogP) is 7.48. The van der Waals surface area contributed by atoms with E-state index in [1.807, 2.05) is 0 Å². The molecular formula is C28H38F2O3. The molecule has 3 fully saturated rings. The van der Waals surface area contributed by atoms with E-state index in [4.69, 9.17) is 9.47 Å². The minimum Gasteiger partial charge on any atom is -0.483 e. The van der Waals surface area contributed by atoms with Crippen molar-refractivity contribution in [1.29, 1.82) is 0 Å². The predicted molar refractivity (Wildman–Crippen MR) is 125 cm³/mol. The number of fused-ring (bicyclic) bond motifs is 1. The van der Waals surface area contributed by atoms with Crippen molar-refractivity contribution in [3.63, 3.8) is 0 Å². The van der Waals surface area contributed by atoms with Crippen LogP contribution >= 0.6 is 0 Å². The molecule has 0 saturated heterocycles. The second-order valence-electron chi connectivity index (χ2n) is 10.6. The van der Waals surface area contributed by atoms with Crippen LogP contribution in [0.4, 0.5) is 8.78 Å². The highest BCUT2D eigenvalue weighted by Gasteiger charge is 2.39. The number of benzene rings is 1. The van der Waals surface area contributed by atoms with Crippen LogP contribution in [0.2, 0.25) is 0 Å². The van der Waals surface area contributed by atoms with Crippen molar-refractivity contribution in [2.24, 2.45) is 35.5 Å². The lowest BCUT2D eigenvalue weighted by atomic mass is 9.61. The standard InChI is InChI=1S/C28H38F2O3/c1-3-4-13-32-27-25(29)16-24(17-26(27)30)33-28(31)20-9-7-19(8-10-20)22-12-11-21-14-18(2)5-6-23(21)15-22/h3-4,16-23H,5-15H2,1-2H3/b4-3+. The van der Waals surface area contributed by atoms with E-state index in [0.717, 1.165) is 61.5 Å². The highest BCUT2D eigenvalue weighted by Crippen LogP contribution is 2.49. The Labute approximate surface area is 196 Å². The van der Waals surface area contributed by atoms with Crippen molar-refractivity contribution < 1.29 is 23.0 Å². The Morgan fingerprint density at radius 1 is 0.909 bits per heavy atom. The average Bonchev–Trinajstić information content (AvgIpc) is 2.80. The van der Waals surface area contributed by atoms with Gasteiger partial charge in [0.2, 0.25) is 0 Å². The molecule has 182 valence electrons. The molecule has 0 aliphatic heterocycles. The quantitative estimate of drug-likeness (QED) is 0.251. The van der Waals surface area contributed by atoms with Crippen molar-refractivity contribution in [3.8, 4) is 11.5 Å². The molecule has 0 amide bonds. The number of hydrogen-bond donors (Lipinski definition) is 0. The summed E-state index contributed by atoms with van der Waals surface area (Å²) in [7, 11) is 0. The van der Waals surface area contributed by atoms with Crippen LogP contribution in [0, 0.1) is 47.1 Å². The third-order valence-corrected chi connectivity index (χ3v) is 8.44. The Morgan fingerprint density at radius 3 is 2.15 bits per heavy atom. The van der Waals surface area contributed by atoms with Gasteiger partial charge in [-0.2, -0.15) is 0 Å². The number of hydrogen-bond acceptors (Lipinski definition) is 3. The van der Waals surface area contributed by atoms with Gasteiger partial charge in [0.25, 0.3) is 0 Å². The Hall–Kier alpha value is -1.91. The Balaban J connectivity index is 1.27. The van der Waals surface area contributed by atoms with Crippen LogP contribution < -0.4 is 9.47 Å². The zero-order valence-corrected chi connectivity index (χ0v) is 20.0. The van der Waals surface area contributed by atoms with E-state index < -0.39 is 17.4 Å². The van der Waals surface area contributed by atoms with Crippen LogP contribution in [0.25, 0.3) is 0 Å². The number of ether oxygens (including phenoxy) is 2. The fraction of sp³-hybridized carbons (Fsp3) is 0.679. The maximum Gasteiger partial charge on any atom is 0.314 e. The van der Waals surface area contributed by atoms with E-state index >= 15 is 0 Å². The van der Waals surface area contributed by atoms with Gasteiger partial charge in [-0.1, -0.05) is 25.5 Å². The molecule has 3 saturated carbocycles. The summed E-state index contributed by atoms with van der Waals surface area (Å²) in [6.45, 7) is 4.28. The molecule has 5 heteroatoms. The minimum atomic E-state index is -0.862. The van der Waals surface area contributed by atoms with Gasteiger partial charge in [0.1, 0.15) is 12.4 Å². The van der Waals surface area contributed by atoms with Gasteiger partial charge in [0.05, 0.1) is 5.92 Å². The van der Waals surface area contributed by atoms with Gasteiger partial charge in [0, 0.05) is 12.1 Å². The molecule has 33 heavy (non-hydrogen) atoms. The number of esters is 1. The number of rotatable bonds is 6. The molecule has 1 aromatic carbocycles. The fourth-order valence-corrected chi connectivity index (χ4v) is 6.58. The first-order valence-corrected chi connectivity index (χ1v) is 12.9. The highest BCUT2D eigenvalue weighted by molar-refractivity contribution is 5.75. The smallest absolute Gasteiger partial charge is 0.314 e. The fourth-order valence-electron chi connectivity index (χ4n) is 6.58. The molecule has 0 radical (unpaired) electrons. The second-order valence-corrected chi connectivity index (χ2v) is 10.6. The molecule has 1 aromatic rings. The summed E-state index contributed by atoms with van der Waals surface area (Å²) in [6, 6.07) is 2.06. The van der Waals surface area contributed by atoms with Gasteiger partial charge in [-0.3, -0.25) is 4.79 Å². The molecular weight excluding hydrogens is 422 g/mol. The zero-order chi connectivity index (χ0) is 23.4. The summed E-state index contributed by atoms with van der Waals surface area (Å²) >= 11 is 0. The SMILES string of the molecule is C/C=C/COc1c(F)cc(OC(=O)C2CCC(C3CCC4CC(C)CCC4C3)CC2)cc1F.